The van der Waals surface area contributed by atoms with Crippen LogP contribution < -0.4 is 5.32 Å². The third kappa shape index (κ3) is 4.11. The molecule has 0 amide bonds. The van der Waals surface area contributed by atoms with Gasteiger partial charge < -0.3 is 10.4 Å². The van der Waals surface area contributed by atoms with Gasteiger partial charge in [0.25, 0.3) is 0 Å². The molecular weight excluding hydrogens is 234 g/mol. The summed E-state index contributed by atoms with van der Waals surface area (Å²) in [7, 11) is 0. The van der Waals surface area contributed by atoms with E-state index in [-0.39, 0.29) is 0 Å². The quantitative estimate of drug-likeness (QED) is 0.858. The highest BCUT2D eigenvalue weighted by Crippen LogP contribution is 2.12. The fraction of sp³-hybridized carbons (Fsp3) is 0.294. The fourth-order valence-corrected chi connectivity index (χ4v) is 2.15. The van der Waals surface area contributed by atoms with Gasteiger partial charge in [-0.1, -0.05) is 36.4 Å². The maximum atomic E-state index is 9.26. The topological polar surface area (TPSA) is 32.3 Å². The number of benzene rings is 2. The first kappa shape index (κ1) is 13.6. The van der Waals surface area contributed by atoms with E-state index in [1.807, 2.05) is 12.1 Å². The first-order valence-corrected chi connectivity index (χ1v) is 6.71. The number of phenols is 1. The van der Waals surface area contributed by atoms with E-state index >= 15 is 0 Å². The number of nitrogens with one attached hydrogen (secondary N) is 1. The van der Waals surface area contributed by atoms with Crippen LogP contribution in [0, 0.1) is 6.92 Å². The lowest BCUT2D eigenvalue weighted by molar-refractivity contribution is 0.474. The minimum atomic E-state index is 0.323. The minimum absolute atomic E-state index is 0.323. The van der Waals surface area contributed by atoms with Crippen LogP contribution in [0.1, 0.15) is 23.6 Å². The Kier molecular flexibility index (Phi) is 4.58. The highest BCUT2D eigenvalue weighted by atomic mass is 16.3. The van der Waals surface area contributed by atoms with E-state index in [4.69, 9.17) is 0 Å². The summed E-state index contributed by atoms with van der Waals surface area (Å²) < 4.78 is 0. The van der Waals surface area contributed by atoms with Crippen LogP contribution >= 0.6 is 0 Å². The van der Waals surface area contributed by atoms with Crippen molar-refractivity contribution < 1.29 is 5.11 Å². The van der Waals surface area contributed by atoms with Crippen LogP contribution in [0.15, 0.2) is 48.5 Å². The van der Waals surface area contributed by atoms with E-state index in [1.54, 1.807) is 12.1 Å². The van der Waals surface area contributed by atoms with E-state index in [2.05, 4.69) is 43.4 Å². The van der Waals surface area contributed by atoms with Gasteiger partial charge in [0.15, 0.2) is 0 Å². The molecule has 0 aromatic heterocycles. The molecule has 0 heterocycles. The molecule has 2 aromatic carbocycles. The average Bonchev–Trinajstić information content (AvgIpc) is 2.40. The normalized spacial score (nSPS) is 12.3. The first-order valence-electron chi connectivity index (χ1n) is 6.71. The van der Waals surface area contributed by atoms with Gasteiger partial charge in [-0.05, 0) is 49.1 Å². The molecule has 2 rings (SSSR count). The van der Waals surface area contributed by atoms with Gasteiger partial charge in [-0.15, -0.1) is 0 Å². The molecule has 0 bridgehead atoms. The van der Waals surface area contributed by atoms with Crippen molar-refractivity contribution in [3.05, 3.63) is 65.2 Å². The van der Waals surface area contributed by atoms with E-state index < -0.39 is 0 Å². The maximum absolute atomic E-state index is 9.26. The van der Waals surface area contributed by atoms with Crippen molar-refractivity contribution in [1.29, 1.82) is 0 Å². The minimum Gasteiger partial charge on any atom is -0.508 e. The van der Waals surface area contributed by atoms with Gasteiger partial charge in [0.05, 0.1) is 0 Å². The Morgan fingerprint density at radius 2 is 1.74 bits per heavy atom. The largest absolute Gasteiger partial charge is 0.508 e. The predicted octanol–water partition coefficient (Wildman–Crippen LogP) is 3.42. The van der Waals surface area contributed by atoms with E-state index in [0.717, 1.165) is 13.0 Å². The number of phenolic OH excluding ortho intramolecular Hbond substituents is 1. The molecule has 1 atom stereocenters. The van der Waals surface area contributed by atoms with Crippen LogP contribution in [0.25, 0.3) is 0 Å². The molecule has 1 unspecified atom stereocenters. The number of aryl methyl sites for hydroxylation is 1. The summed E-state index contributed by atoms with van der Waals surface area (Å²) in [5.41, 5.74) is 3.91. The SMILES string of the molecule is Cc1ccccc1CNC(C)Cc1ccc(O)cc1. The van der Waals surface area contributed by atoms with Crippen molar-refractivity contribution in [3.63, 3.8) is 0 Å². The van der Waals surface area contributed by atoms with Gasteiger partial charge in [-0.25, -0.2) is 0 Å². The van der Waals surface area contributed by atoms with Crippen LogP contribution in [0.3, 0.4) is 0 Å². The molecular formula is C17H21NO. The van der Waals surface area contributed by atoms with Crippen LogP contribution in [0.2, 0.25) is 0 Å². The van der Waals surface area contributed by atoms with Crippen LogP contribution in [0.5, 0.6) is 5.75 Å². The summed E-state index contributed by atoms with van der Waals surface area (Å²) in [6, 6.07) is 16.3. The van der Waals surface area contributed by atoms with Gasteiger partial charge in [0, 0.05) is 12.6 Å². The van der Waals surface area contributed by atoms with E-state index in [9.17, 15) is 5.11 Å². The molecule has 0 aliphatic heterocycles. The third-order valence-corrected chi connectivity index (χ3v) is 3.38. The number of hydrogen-bond acceptors (Lipinski definition) is 2. The lowest BCUT2D eigenvalue weighted by Gasteiger charge is -2.15. The summed E-state index contributed by atoms with van der Waals surface area (Å²) in [5, 5.41) is 12.8. The molecule has 2 N–H and O–H groups in total. The van der Waals surface area contributed by atoms with Crippen molar-refractivity contribution in [1.82, 2.24) is 5.32 Å². The molecule has 19 heavy (non-hydrogen) atoms. The standard InChI is InChI=1S/C17H21NO/c1-13-5-3-4-6-16(13)12-18-14(2)11-15-7-9-17(19)10-8-15/h3-10,14,18-19H,11-12H2,1-2H3. The Bertz CT molecular complexity index is 519. The van der Waals surface area contributed by atoms with Crippen LogP contribution in [-0.2, 0) is 13.0 Å². The van der Waals surface area contributed by atoms with E-state index in [1.165, 1.54) is 16.7 Å². The lowest BCUT2D eigenvalue weighted by atomic mass is 10.1. The second-order valence-corrected chi connectivity index (χ2v) is 5.08. The van der Waals surface area contributed by atoms with Crippen molar-refractivity contribution in [2.75, 3.05) is 0 Å². The lowest BCUT2D eigenvalue weighted by Crippen LogP contribution is -2.27. The zero-order valence-corrected chi connectivity index (χ0v) is 11.6. The highest BCUT2D eigenvalue weighted by molar-refractivity contribution is 5.27. The van der Waals surface area contributed by atoms with Gasteiger partial charge >= 0.3 is 0 Å². The fourth-order valence-electron chi connectivity index (χ4n) is 2.15. The Hall–Kier alpha value is -1.80. The Labute approximate surface area is 115 Å². The first-order chi connectivity index (χ1) is 9.15. The molecule has 2 heteroatoms. The Balaban J connectivity index is 1.86. The summed E-state index contributed by atoms with van der Waals surface area (Å²) in [6.45, 7) is 5.22. The monoisotopic (exact) mass is 255 g/mol. The summed E-state index contributed by atoms with van der Waals surface area (Å²) in [4.78, 5) is 0. The zero-order chi connectivity index (χ0) is 13.7. The van der Waals surface area contributed by atoms with E-state index in [0.29, 0.717) is 11.8 Å². The van der Waals surface area contributed by atoms with Gasteiger partial charge in [0.1, 0.15) is 5.75 Å². The molecule has 2 aromatic rings. The van der Waals surface area contributed by atoms with Gasteiger partial charge in [-0.3, -0.25) is 0 Å². The van der Waals surface area contributed by atoms with Gasteiger partial charge in [0.2, 0.25) is 0 Å². The molecule has 0 saturated carbocycles. The smallest absolute Gasteiger partial charge is 0.115 e. The second kappa shape index (κ2) is 6.39. The van der Waals surface area contributed by atoms with Crippen LogP contribution in [0.4, 0.5) is 0 Å². The highest BCUT2D eigenvalue weighted by Gasteiger charge is 2.04. The zero-order valence-electron chi connectivity index (χ0n) is 11.6. The molecule has 100 valence electrons. The Morgan fingerprint density at radius 3 is 2.42 bits per heavy atom. The average molecular weight is 255 g/mol. The molecule has 0 aliphatic carbocycles. The van der Waals surface area contributed by atoms with Gasteiger partial charge in [-0.2, -0.15) is 0 Å². The molecule has 0 spiro atoms. The number of hydrogen-bond donors (Lipinski definition) is 2. The maximum Gasteiger partial charge on any atom is 0.115 e. The van der Waals surface area contributed by atoms with Crippen molar-refractivity contribution in [3.8, 4) is 5.75 Å². The third-order valence-electron chi connectivity index (χ3n) is 3.38. The summed E-state index contributed by atoms with van der Waals surface area (Å²) in [5.74, 6) is 0.323. The summed E-state index contributed by atoms with van der Waals surface area (Å²) in [6.07, 6.45) is 0.964. The molecule has 0 aliphatic rings. The Morgan fingerprint density at radius 1 is 1.05 bits per heavy atom. The van der Waals surface area contributed by atoms with Crippen molar-refractivity contribution in [2.45, 2.75) is 32.9 Å². The number of rotatable bonds is 5. The molecule has 0 fully saturated rings. The molecule has 2 nitrogen and oxygen atoms in total. The predicted molar refractivity (Wildman–Crippen MR) is 79.3 cm³/mol. The van der Waals surface area contributed by atoms with Crippen molar-refractivity contribution >= 4 is 0 Å². The van der Waals surface area contributed by atoms with Crippen LogP contribution in [-0.4, -0.2) is 11.1 Å². The summed E-state index contributed by atoms with van der Waals surface area (Å²) >= 11 is 0. The molecule has 0 radical (unpaired) electrons. The second-order valence-electron chi connectivity index (χ2n) is 5.08. The molecule has 0 saturated heterocycles. The number of aromatic hydroxyl groups is 1. The van der Waals surface area contributed by atoms with Crippen molar-refractivity contribution in [2.24, 2.45) is 0 Å².